The quantitative estimate of drug-likeness (QED) is 0.0608. The number of likely N-dealkylation sites (tertiary alicyclic amines) is 1. The van der Waals surface area contributed by atoms with Crippen molar-refractivity contribution in [3.63, 3.8) is 0 Å². The van der Waals surface area contributed by atoms with E-state index in [1.165, 1.54) is 16.6 Å². The third-order valence-corrected chi connectivity index (χ3v) is 8.34. The minimum Gasteiger partial charge on any atom is -0.399 e. The number of amides is 1. The molecule has 2 unspecified atom stereocenters. The predicted octanol–water partition coefficient (Wildman–Crippen LogP) is 2.81. The summed E-state index contributed by atoms with van der Waals surface area (Å²) in [5.74, 6) is 7.02. The molecule has 3 aromatic heterocycles. The van der Waals surface area contributed by atoms with Gasteiger partial charge in [-0.1, -0.05) is 12.1 Å². The van der Waals surface area contributed by atoms with Gasteiger partial charge in [-0.25, -0.2) is 20.8 Å². The number of benzene rings is 1. The summed E-state index contributed by atoms with van der Waals surface area (Å²) in [5, 5.41) is 9.60. The van der Waals surface area contributed by atoms with Gasteiger partial charge in [-0.3, -0.25) is 14.3 Å². The maximum Gasteiger partial charge on any atom is 0.244 e. The first-order chi connectivity index (χ1) is 22.6. The minimum atomic E-state index is -0.603. The Labute approximate surface area is 280 Å². The zero-order valence-electron chi connectivity index (χ0n) is 26.4. The molecule has 2 atom stereocenters. The Bertz CT molecular complexity index is 1810. The number of pyridine rings is 1. The summed E-state index contributed by atoms with van der Waals surface area (Å²) in [6.45, 7) is 4.28. The van der Waals surface area contributed by atoms with Gasteiger partial charge >= 0.3 is 0 Å². The number of ketones is 1. The number of aryl methyl sites for hydroxylation is 1. The predicted molar refractivity (Wildman–Crippen MR) is 179 cm³/mol. The molecular formula is C32H37BrN10O4. The van der Waals surface area contributed by atoms with Gasteiger partial charge in [0.15, 0.2) is 5.78 Å². The van der Waals surface area contributed by atoms with E-state index >= 15 is 0 Å². The fraction of sp³-hybridized carbons (Fsp3) is 0.344. The number of nitrogens with zero attached hydrogens (tertiary/aromatic N) is 7. The van der Waals surface area contributed by atoms with Crippen LogP contribution in [-0.2, 0) is 27.5 Å². The number of rotatable bonds is 13. The van der Waals surface area contributed by atoms with Crippen LogP contribution >= 0.6 is 15.9 Å². The Hall–Kier alpha value is -4.73. The van der Waals surface area contributed by atoms with Crippen molar-refractivity contribution in [2.75, 3.05) is 32.1 Å². The number of ether oxygens (including phenoxy) is 1. The van der Waals surface area contributed by atoms with Crippen LogP contribution in [0.3, 0.4) is 0 Å². The Kier molecular flexibility index (Phi) is 10.6. The van der Waals surface area contributed by atoms with Gasteiger partial charge in [0.25, 0.3) is 0 Å². The number of aromatic nitrogens is 5. The number of halogens is 1. The number of hydrazine groups is 1. The van der Waals surface area contributed by atoms with Crippen molar-refractivity contribution in [3.8, 4) is 11.1 Å². The molecule has 1 aliphatic heterocycles. The van der Waals surface area contributed by atoms with Crippen LogP contribution in [0, 0.1) is 12.8 Å². The van der Waals surface area contributed by atoms with Crippen molar-refractivity contribution in [3.05, 3.63) is 76.3 Å². The van der Waals surface area contributed by atoms with E-state index in [0.29, 0.717) is 59.0 Å². The number of carbonyl (C=O) groups excluding carboxylic acids is 3. The molecular weight excluding hydrogens is 668 g/mol. The fourth-order valence-electron chi connectivity index (χ4n) is 5.68. The monoisotopic (exact) mass is 704 g/mol. The van der Waals surface area contributed by atoms with E-state index in [-0.39, 0.29) is 36.5 Å². The Morgan fingerprint density at radius 1 is 1.19 bits per heavy atom. The molecule has 0 spiro atoms. The van der Waals surface area contributed by atoms with Crippen molar-refractivity contribution in [2.24, 2.45) is 17.5 Å². The average Bonchev–Trinajstić information content (AvgIpc) is 3.62. The second kappa shape index (κ2) is 14.8. The summed E-state index contributed by atoms with van der Waals surface area (Å²) in [7, 11) is 1.79. The van der Waals surface area contributed by atoms with Crippen molar-refractivity contribution in [1.82, 2.24) is 34.6 Å². The summed E-state index contributed by atoms with van der Waals surface area (Å²) in [5.41, 5.74) is 9.98. The standard InChI is InChI=1S/C32H37BrN10O4/c1-19(45)31-27-9-22(24-10-37-20(2)38-11-24)4-6-28(27)43(40-31)15-30(46)42-13-21(8-26(42)16-44)12-41(35)14-25(34)18-47-17-23-5-7-29(33)39-32(23)36-3/h4-7,9-11,14,16,21,26H,8,12-13,15,17-18,34-35H2,1-3H3,(H,36,39)/b25-14-. The topological polar surface area (TPSA) is 187 Å². The number of anilines is 1. The highest BCUT2D eigenvalue weighted by Gasteiger charge is 2.36. The van der Waals surface area contributed by atoms with E-state index in [0.717, 1.165) is 23.0 Å². The number of aldehydes is 1. The Morgan fingerprint density at radius 2 is 1.96 bits per heavy atom. The van der Waals surface area contributed by atoms with Gasteiger partial charge < -0.3 is 30.5 Å². The third-order valence-electron chi connectivity index (χ3n) is 7.90. The first-order valence-electron chi connectivity index (χ1n) is 15.0. The van der Waals surface area contributed by atoms with Gasteiger partial charge in [-0.05, 0) is 59.0 Å². The Balaban J connectivity index is 1.21. The number of hydrogen-bond acceptors (Lipinski definition) is 12. The first kappa shape index (κ1) is 33.6. The molecule has 0 aliphatic carbocycles. The van der Waals surface area contributed by atoms with Crippen molar-refractivity contribution >= 4 is 50.6 Å². The molecule has 47 heavy (non-hydrogen) atoms. The van der Waals surface area contributed by atoms with Gasteiger partial charge in [-0.15, -0.1) is 0 Å². The molecule has 5 rings (SSSR count). The molecule has 15 heteroatoms. The number of nitrogens with one attached hydrogen (secondary N) is 1. The molecule has 5 N–H and O–H groups in total. The molecule has 246 valence electrons. The van der Waals surface area contributed by atoms with Crippen molar-refractivity contribution < 1.29 is 19.1 Å². The smallest absolute Gasteiger partial charge is 0.244 e. The minimum absolute atomic E-state index is 0.0717. The van der Waals surface area contributed by atoms with Crippen LogP contribution in [0.1, 0.15) is 35.2 Å². The van der Waals surface area contributed by atoms with E-state index in [1.54, 1.807) is 37.5 Å². The van der Waals surface area contributed by atoms with E-state index in [9.17, 15) is 14.4 Å². The number of nitrogens with two attached hydrogens (primary N) is 2. The second-order valence-corrected chi connectivity index (χ2v) is 12.3. The van der Waals surface area contributed by atoms with Gasteiger partial charge in [0.05, 0.1) is 30.5 Å². The SMILES string of the molecule is CNc1nc(Br)ccc1COC/C(N)=C/N(N)CC1CC(C=O)N(C(=O)Cn2nc(C(C)=O)c3cc(-c4cnc(C)nc4)ccc32)C1. The molecule has 1 fully saturated rings. The summed E-state index contributed by atoms with van der Waals surface area (Å²) < 4.78 is 7.98. The number of carbonyl (C=O) groups is 3. The highest BCUT2D eigenvalue weighted by Crippen LogP contribution is 2.28. The maximum atomic E-state index is 13.5. The van der Waals surface area contributed by atoms with Crippen LogP contribution in [0.15, 0.2) is 59.2 Å². The normalized spacial score (nSPS) is 16.4. The molecule has 0 saturated carbocycles. The number of Topliss-reactive ketones (excluding diaryl/α,β-unsaturated/α-hetero) is 1. The molecule has 1 aromatic carbocycles. The van der Waals surface area contributed by atoms with Crippen molar-refractivity contribution in [2.45, 2.75) is 39.5 Å². The molecule has 0 bridgehead atoms. The largest absolute Gasteiger partial charge is 0.399 e. The van der Waals surface area contributed by atoms with Crippen molar-refractivity contribution in [1.29, 1.82) is 0 Å². The molecule has 4 aromatic rings. The first-order valence-corrected chi connectivity index (χ1v) is 15.8. The second-order valence-electron chi connectivity index (χ2n) is 11.4. The van der Waals surface area contributed by atoms with Crippen LogP contribution in [-0.4, -0.2) is 85.4 Å². The molecule has 1 aliphatic rings. The van der Waals surface area contributed by atoms with E-state index in [2.05, 4.69) is 41.3 Å². The van der Waals surface area contributed by atoms with Gasteiger partial charge in [0.2, 0.25) is 5.91 Å². The maximum absolute atomic E-state index is 13.5. The molecule has 1 amide bonds. The lowest BCUT2D eigenvalue weighted by molar-refractivity contribution is -0.135. The van der Waals surface area contributed by atoms with Crippen LogP contribution in [0.25, 0.3) is 22.0 Å². The summed E-state index contributed by atoms with van der Waals surface area (Å²) in [4.78, 5) is 52.5. The average molecular weight is 706 g/mol. The zero-order chi connectivity index (χ0) is 33.7. The lowest BCUT2D eigenvalue weighted by Crippen LogP contribution is -2.39. The lowest BCUT2D eigenvalue weighted by Gasteiger charge is -2.22. The van der Waals surface area contributed by atoms with E-state index < -0.39 is 6.04 Å². The van der Waals surface area contributed by atoms with Crippen LogP contribution < -0.4 is 16.9 Å². The Morgan fingerprint density at radius 3 is 2.66 bits per heavy atom. The molecule has 4 heterocycles. The zero-order valence-corrected chi connectivity index (χ0v) is 28.0. The fourth-order valence-corrected chi connectivity index (χ4v) is 5.99. The van der Waals surface area contributed by atoms with E-state index in [4.69, 9.17) is 16.3 Å². The molecule has 14 nitrogen and oxygen atoms in total. The summed E-state index contributed by atoms with van der Waals surface area (Å²) in [6.07, 6.45) is 6.27. The summed E-state index contributed by atoms with van der Waals surface area (Å²) in [6, 6.07) is 8.69. The van der Waals surface area contributed by atoms with Crippen LogP contribution in [0.5, 0.6) is 0 Å². The van der Waals surface area contributed by atoms with Crippen LogP contribution in [0.4, 0.5) is 5.82 Å². The van der Waals surface area contributed by atoms with E-state index in [1.807, 2.05) is 30.3 Å². The van der Waals surface area contributed by atoms with Gasteiger partial charge in [0.1, 0.15) is 34.8 Å². The van der Waals surface area contributed by atoms with Gasteiger partial charge in [0, 0.05) is 62.2 Å². The highest BCUT2D eigenvalue weighted by molar-refractivity contribution is 9.10. The summed E-state index contributed by atoms with van der Waals surface area (Å²) >= 11 is 3.35. The third kappa shape index (κ3) is 7.99. The lowest BCUT2D eigenvalue weighted by atomic mass is 10.0. The van der Waals surface area contributed by atoms with Crippen LogP contribution in [0.2, 0.25) is 0 Å². The molecule has 0 radical (unpaired) electrons. The molecule has 1 saturated heterocycles. The number of hydrogen-bond donors (Lipinski definition) is 3. The van der Waals surface area contributed by atoms with Gasteiger partial charge in [-0.2, -0.15) is 5.10 Å². The number of fused-ring (bicyclic) bond motifs is 1. The highest BCUT2D eigenvalue weighted by atomic mass is 79.9.